The van der Waals surface area contributed by atoms with Gasteiger partial charge in [0.15, 0.2) is 0 Å². The Hall–Kier alpha value is -4.69. The monoisotopic (exact) mass is 706 g/mol. The minimum Gasteiger partial charge on any atom is -0.491 e. The van der Waals surface area contributed by atoms with E-state index in [0.717, 1.165) is 29.9 Å². The van der Waals surface area contributed by atoms with Crippen LogP contribution in [-0.4, -0.2) is 67.9 Å². The zero-order valence-corrected chi connectivity index (χ0v) is 28.5. The molecule has 0 bridgehead atoms. The van der Waals surface area contributed by atoms with E-state index in [1.807, 2.05) is 50.2 Å². The molecule has 6 rings (SSSR count). The van der Waals surface area contributed by atoms with Crippen molar-refractivity contribution in [2.45, 2.75) is 44.7 Å². The van der Waals surface area contributed by atoms with Crippen LogP contribution in [0.15, 0.2) is 90.5 Å². The second kappa shape index (κ2) is 15.2. The summed E-state index contributed by atoms with van der Waals surface area (Å²) in [5.74, 6) is -0.589. The van der Waals surface area contributed by atoms with Crippen molar-refractivity contribution in [2.75, 3.05) is 36.5 Å². The molecule has 0 spiro atoms. The van der Waals surface area contributed by atoms with Crippen LogP contribution in [-0.2, 0) is 26.6 Å². The molecule has 256 valence electrons. The van der Waals surface area contributed by atoms with Crippen LogP contribution in [0.25, 0.3) is 5.69 Å². The number of nitrogens with one attached hydrogen (secondary N) is 1. The van der Waals surface area contributed by atoms with Gasteiger partial charge >= 0.3 is 5.69 Å². The quantitative estimate of drug-likeness (QED) is 0.144. The molecule has 1 aliphatic heterocycles. The third kappa shape index (κ3) is 7.81. The molecular weight excluding hydrogens is 671 g/mol. The van der Waals surface area contributed by atoms with E-state index in [-0.39, 0.29) is 31.5 Å². The number of benzene rings is 3. The van der Waals surface area contributed by atoms with Crippen molar-refractivity contribution >= 4 is 41.0 Å². The van der Waals surface area contributed by atoms with Gasteiger partial charge in [0.2, 0.25) is 12.2 Å². The van der Waals surface area contributed by atoms with Gasteiger partial charge in [-0.1, -0.05) is 36.2 Å². The molecule has 49 heavy (non-hydrogen) atoms. The summed E-state index contributed by atoms with van der Waals surface area (Å²) in [5, 5.41) is 12.7. The highest BCUT2D eigenvalue weighted by Crippen LogP contribution is 2.40. The molecule has 1 unspecified atom stereocenters. The van der Waals surface area contributed by atoms with Gasteiger partial charge in [-0.25, -0.2) is 23.7 Å². The fourth-order valence-corrected chi connectivity index (χ4v) is 6.03. The van der Waals surface area contributed by atoms with Gasteiger partial charge in [-0.2, -0.15) is 10.2 Å². The number of carbonyl (C=O) groups excluding carboxylic acids is 1. The van der Waals surface area contributed by atoms with E-state index in [9.17, 15) is 9.59 Å². The maximum absolute atomic E-state index is 12.7. The van der Waals surface area contributed by atoms with E-state index in [4.69, 9.17) is 37.4 Å². The van der Waals surface area contributed by atoms with Crippen LogP contribution < -0.4 is 20.6 Å². The molecule has 1 saturated heterocycles. The first kappa shape index (κ1) is 34.2. The van der Waals surface area contributed by atoms with Crippen LogP contribution in [0.4, 0.5) is 11.4 Å². The number of carbonyl (C=O) groups is 1. The predicted molar refractivity (Wildman–Crippen MR) is 186 cm³/mol. The molecule has 15 heteroatoms. The zero-order valence-electron chi connectivity index (χ0n) is 27.0. The van der Waals surface area contributed by atoms with E-state index in [1.165, 1.54) is 21.9 Å². The van der Waals surface area contributed by atoms with Crippen molar-refractivity contribution in [3.05, 3.63) is 112 Å². The fourth-order valence-electron chi connectivity index (χ4n) is 5.48. The number of hydrogen-bond acceptors (Lipinski definition) is 9. The smallest absolute Gasteiger partial charge is 0.350 e. The summed E-state index contributed by atoms with van der Waals surface area (Å²) in [4.78, 5) is 30.3. The lowest BCUT2D eigenvalue weighted by Crippen LogP contribution is -2.35. The Morgan fingerprint density at radius 1 is 1.10 bits per heavy atom. The Kier molecular flexibility index (Phi) is 10.6. The van der Waals surface area contributed by atoms with Crippen molar-refractivity contribution in [3.63, 3.8) is 0 Å². The van der Waals surface area contributed by atoms with Gasteiger partial charge in [-0.05, 0) is 74.0 Å². The molecule has 0 saturated carbocycles. The molecule has 1 aliphatic rings. The summed E-state index contributed by atoms with van der Waals surface area (Å²) in [7, 11) is 0. The SMILES string of the molecule is CCC(C)n1ncn(-c2ccc(NCCN(C=O)c3ccc(OC[C@@H]4CO[C@@](Cn5cncn5)(c5ccc(Cl)cc5Cl)O4)cc3)cc2)c1=O. The number of aromatic nitrogens is 6. The van der Waals surface area contributed by atoms with Crippen LogP contribution in [0.5, 0.6) is 5.75 Å². The molecule has 5 aromatic rings. The number of halogens is 2. The van der Waals surface area contributed by atoms with Crippen molar-refractivity contribution in [1.29, 1.82) is 0 Å². The maximum Gasteiger partial charge on any atom is 0.350 e. The minimum atomic E-state index is -1.20. The van der Waals surface area contributed by atoms with E-state index in [0.29, 0.717) is 34.4 Å². The Bertz CT molecular complexity index is 1900. The topological polar surface area (TPSA) is 131 Å². The summed E-state index contributed by atoms with van der Waals surface area (Å²) < 4.78 is 23.3. The number of amides is 1. The molecule has 3 aromatic carbocycles. The molecule has 2 aromatic heterocycles. The van der Waals surface area contributed by atoms with Crippen molar-refractivity contribution < 1.29 is 19.0 Å². The summed E-state index contributed by atoms with van der Waals surface area (Å²) in [6.07, 6.45) is 5.77. The highest BCUT2D eigenvalue weighted by Gasteiger charge is 2.45. The molecule has 3 heterocycles. The molecule has 0 aliphatic carbocycles. The first-order valence-electron chi connectivity index (χ1n) is 15.8. The zero-order chi connectivity index (χ0) is 34.4. The summed E-state index contributed by atoms with van der Waals surface area (Å²) in [6, 6.07) is 19.9. The number of ether oxygens (including phenoxy) is 3. The van der Waals surface area contributed by atoms with Gasteiger partial charge < -0.3 is 24.4 Å². The second-order valence-corrected chi connectivity index (χ2v) is 12.4. The summed E-state index contributed by atoms with van der Waals surface area (Å²) >= 11 is 12.7. The minimum absolute atomic E-state index is 0.0285. The number of anilines is 2. The molecular formula is C34H36Cl2N8O5. The maximum atomic E-state index is 12.7. The Labute approximate surface area is 292 Å². The van der Waals surface area contributed by atoms with Crippen molar-refractivity contribution in [2.24, 2.45) is 0 Å². The standard InChI is InChI=1S/C34H36Cl2N8O5/c1-3-24(2)44-33(46)43(22-40-44)28-7-5-26(6-8-28)38-14-15-41(23-45)27-9-11-29(12-10-27)47-17-30-18-48-34(49-30,19-42-21-37-20-39-42)31-13-4-25(35)16-32(31)36/h4-13,16,20-24,30,38H,3,14-15,17-19H2,1-2H3/t24?,30-,34-/m1/s1. The van der Waals surface area contributed by atoms with E-state index in [2.05, 4.69) is 20.5 Å². The van der Waals surface area contributed by atoms with Crippen LogP contribution in [0.1, 0.15) is 31.9 Å². The first-order valence-corrected chi connectivity index (χ1v) is 16.6. The summed E-state index contributed by atoms with van der Waals surface area (Å²) in [6.45, 7) is 5.64. The highest BCUT2D eigenvalue weighted by atomic mass is 35.5. The first-order chi connectivity index (χ1) is 23.8. The lowest BCUT2D eigenvalue weighted by Gasteiger charge is -2.29. The molecule has 1 fully saturated rings. The predicted octanol–water partition coefficient (Wildman–Crippen LogP) is 5.33. The molecule has 13 nitrogen and oxygen atoms in total. The molecule has 3 atom stereocenters. The number of nitrogens with zero attached hydrogens (tertiary/aromatic N) is 7. The van der Waals surface area contributed by atoms with Crippen LogP contribution >= 0.6 is 23.2 Å². The van der Waals surface area contributed by atoms with Gasteiger partial charge in [-0.3, -0.25) is 4.79 Å². The third-order valence-electron chi connectivity index (χ3n) is 8.30. The van der Waals surface area contributed by atoms with E-state index in [1.54, 1.807) is 46.2 Å². The fraction of sp³-hybridized carbons (Fsp3) is 0.324. The van der Waals surface area contributed by atoms with Gasteiger partial charge in [0.1, 0.15) is 44.0 Å². The summed E-state index contributed by atoms with van der Waals surface area (Å²) in [5.41, 5.74) is 2.77. The Balaban J connectivity index is 1.01. The van der Waals surface area contributed by atoms with Gasteiger partial charge in [-0.15, -0.1) is 0 Å². The second-order valence-electron chi connectivity index (χ2n) is 11.6. The Morgan fingerprint density at radius 2 is 1.90 bits per heavy atom. The number of rotatable bonds is 15. The third-order valence-corrected chi connectivity index (χ3v) is 8.85. The highest BCUT2D eigenvalue weighted by molar-refractivity contribution is 6.35. The van der Waals surface area contributed by atoms with E-state index < -0.39 is 11.9 Å². The van der Waals surface area contributed by atoms with Crippen molar-refractivity contribution in [1.82, 2.24) is 29.1 Å². The normalized spacial score (nSPS) is 17.9. The van der Waals surface area contributed by atoms with Crippen LogP contribution in [0.2, 0.25) is 10.0 Å². The van der Waals surface area contributed by atoms with Gasteiger partial charge in [0, 0.05) is 35.1 Å². The van der Waals surface area contributed by atoms with Crippen LogP contribution in [0.3, 0.4) is 0 Å². The van der Waals surface area contributed by atoms with Gasteiger partial charge in [0.05, 0.1) is 23.4 Å². The van der Waals surface area contributed by atoms with Gasteiger partial charge in [0.25, 0.3) is 0 Å². The average molecular weight is 708 g/mol. The number of hydrogen-bond donors (Lipinski definition) is 1. The lowest BCUT2D eigenvalue weighted by atomic mass is 10.1. The Morgan fingerprint density at radius 3 is 2.59 bits per heavy atom. The van der Waals surface area contributed by atoms with E-state index >= 15 is 0 Å². The molecule has 1 amide bonds. The molecule has 1 N–H and O–H groups in total. The average Bonchev–Trinajstić information content (AvgIpc) is 3.87. The lowest BCUT2D eigenvalue weighted by molar-refractivity contribution is -0.190. The molecule has 0 radical (unpaired) electrons. The van der Waals surface area contributed by atoms with Crippen molar-refractivity contribution in [3.8, 4) is 11.4 Å². The van der Waals surface area contributed by atoms with Crippen LogP contribution in [0, 0.1) is 0 Å². The largest absolute Gasteiger partial charge is 0.491 e.